The number of rotatable bonds is 1. The molecule has 2 aromatic carbocycles. The molecule has 2 nitrogen and oxygen atoms in total. The largest absolute Gasteiger partial charge is 0.497 e. The molecule has 2 aliphatic carbocycles. The molecule has 2 aromatic rings. The van der Waals surface area contributed by atoms with E-state index in [0.29, 0.717) is 0 Å². The first-order chi connectivity index (χ1) is 11.7. The Morgan fingerprint density at radius 3 is 2.25 bits per heavy atom. The molecule has 3 heteroatoms. The smallest absolute Gasteiger partial charge is 0.119 e. The van der Waals surface area contributed by atoms with Crippen LogP contribution in [0.15, 0.2) is 42.5 Å². The van der Waals surface area contributed by atoms with E-state index in [1.807, 2.05) is 18.2 Å². The van der Waals surface area contributed by atoms with E-state index >= 15 is 0 Å². The first-order valence-corrected chi connectivity index (χ1v) is 9.66. The van der Waals surface area contributed by atoms with Gasteiger partial charge in [0.25, 0.3) is 0 Å². The molecule has 0 saturated carbocycles. The van der Waals surface area contributed by atoms with Gasteiger partial charge in [-0.3, -0.25) is 0 Å². The van der Waals surface area contributed by atoms with Crippen LogP contribution in [-0.4, -0.2) is 17.0 Å². The molecule has 0 aromatic heterocycles. The Bertz CT molecular complexity index is 658. The highest BCUT2D eigenvalue weighted by Crippen LogP contribution is 2.35. The maximum absolute atomic E-state index is 9.91. The Hall–Kier alpha value is -1.32. The number of aliphatic hydroxyl groups excluding tert-OH is 1. The van der Waals surface area contributed by atoms with Crippen LogP contribution in [0.2, 0.25) is 0 Å². The molecule has 4 rings (SSSR count). The molecule has 0 bridgehead atoms. The highest BCUT2D eigenvalue weighted by atomic mass is 79.9. The first-order valence-electron chi connectivity index (χ1n) is 8.75. The van der Waals surface area contributed by atoms with Crippen molar-refractivity contribution in [1.82, 2.24) is 0 Å². The average Bonchev–Trinajstić information content (AvgIpc) is 2.65. The Kier molecular flexibility index (Phi) is 5.96. The second-order valence-corrected chi connectivity index (χ2v) is 7.72. The summed E-state index contributed by atoms with van der Waals surface area (Å²) in [6.45, 7) is 0. The number of hydrogen-bond acceptors (Lipinski definition) is 2. The SMILES string of the molecule is COc1ccc2c(c1)CC[C@@H](Br)[C@@H]2O.c1ccc2c(c1)CCCC2. The Morgan fingerprint density at radius 1 is 0.958 bits per heavy atom. The molecule has 0 spiro atoms. The van der Waals surface area contributed by atoms with Gasteiger partial charge >= 0.3 is 0 Å². The molecule has 0 unspecified atom stereocenters. The van der Waals surface area contributed by atoms with Gasteiger partial charge in [-0.2, -0.15) is 0 Å². The van der Waals surface area contributed by atoms with E-state index < -0.39 is 0 Å². The zero-order valence-corrected chi connectivity index (χ0v) is 15.8. The number of benzene rings is 2. The molecule has 0 aliphatic heterocycles. The van der Waals surface area contributed by atoms with Crippen LogP contribution in [0.4, 0.5) is 0 Å². The minimum Gasteiger partial charge on any atom is -0.497 e. The van der Waals surface area contributed by atoms with Gasteiger partial charge in [0, 0.05) is 4.83 Å². The Morgan fingerprint density at radius 2 is 1.62 bits per heavy atom. The lowest BCUT2D eigenvalue weighted by molar-refractivity contribution is 0.165. The van der Waals surface area contributed by atoms with Crippen LogP contribution in [0.25, 0.3) is 0 Å². The van der Waals surface area contributed by atoms with Gasteiger partial charge in [-0.25, -0.2) is 0 Å². The number of methoxy groups -OCH3 is 1. The lowest BCUT2D eigenvalue weighted by atomic mass is 9.89. The van der Waals surface area contributed by atoms with Crippen molar-refractivity contribution >= 4 is 15.9 Å². The zero-order chi connectivity index (χ0) is 16.9. The van der Waals surface area contributed by atoms with E-state index in [9.17, 15) is 5.11 Å². The quantitative estimate of drug-likeness (QED) is 0.696. The predicted octanol–water partition coefficient (Wildman–Crippen LogP) is 5.00. The van der Waals surface area contributed by atoms with E-state index in [4.69, 9.17) is 4.74 Å². The van der Waals surface area contributed by atoms with E-state index in [1.54, 1.807) is 18.2 Å². The summed E-state index contributed by atoms with van der Waals surface area (Å²) in [6, 6.07) is 14.7. The summed E-state index contributed by atoms with van der Waals surface area (Å²) >= 11 is 3.48. The molecular weight excluding hydrogens is 364 g/mol. The number of aryl methyl sites for hydroxylation is 3. The molecule has 24 heavy (non-hydrogen) atoms. The number of fused-ring (bicyclic) bond motifs is 2. The third kappa shape index (κ3) is 4.01. The van der Waals surface area contributed by atoms with Gasteiger partial charge in [0.1, 0.15) is 5.75 Å². The average molecular weight is 389 g/mol. The van der Waals surface area contributed by atoms with Crippen molar-refractivity contribution in [3.63, 3.8) is 0 Å². The predicted molar refractivity (Wildman–Crippen MR) is 102 cm³/mol. The van der Waals surface area contributed by atoms with Crippen molar-refractivity contribution in [1.29, 1.82) is 0 Å². The van der Waals surface area contributed by atoms with Crippen molar-refractivity contribution in [2.24, 2.45) is 0 Å². The number of hydrogen-bond donors (Lipinski definition) is 1. The Balaban J connectivity index is 0.000000149. The zero-order valence-electron chi connectivity index (χ0n) is 14.2. The summed E-state index contributed by atoms with van der Waals surface area (Å²) in [5.41, 5.74) is 5.38. The van der Waals surface area contributed by atoms with Crippen LogP contribution in [0, 0.1) is 0 Å². The van der Waals surface area contributed by atoms with Gasteiger partial charge in [0.15, 0.2) is 0 Å². The standard InChI is InChI=1S/C11H13BrO2.C10H12/c1-14-8-3-4-9-7(6-8)2-5-10(12)11(9)13;1-2-6-10-8-4-3-7-9(10)5-1/h3-4,6,10-11,13H,2,5H2,1H3;1-2,5-6H,3-4,7-8H2/t10-,11-;/m1./s1. The van der Waals surface area contributed by atoms with E-state index in [-0.39, 0.29) is 10.9 Å². The summed E-state index contributed by atoms with van der Waals surface area (Å²) in [5, 5.41) is 9.91. The highest BCUT2D eigenvalue weighted by Gasteiger charge is 2.25. The molecule has 0 fully saturated rings. The fraction of sp³-hybridized carbons (Fsp3) is 0.429. The van der Waals surface area contributed by atoms with Crippen molar-refractivity contribution in [2.75, 3.05) is 7.11 Å². The van der Waals surface area contributed by atoms with Gasteiger partial charge in [-0.1, -0.05) is 46.3 Å². The molecule has 0 saturated heterocycles. The minimum absolute atomic E-state index is 0.184. The van der Waals surface area contributed by atoms with Crippen LogP contribution < -0.4 is 4.74 Å². The lowest BCUT2D eigenvalue weighted by Crippen LogP contribution is -2.20. The molecule has 1 N–H and O–H groups in total. The van der Waals surface area contributed by atoms with Crippen molar-refractivity contribution in [2.45, 2.75) is 49.5 Å². The van der Waals surface area contributed by atoms with E-state index in [2.05, 4.69) is 40.2 Å². The summed E-state index contributed by atoms with van der Waals surface area (Å²) < 4.78 is 5.15. The first kappa shape index (κ1) is 17.5. The van der Waals surface area contributed by atoms with E-state index in [1.165, 1.54) is 31.2 Å². The highest BCUT2D eigenvalue weighted by molar-refractivity contribution is 9.09. The summed E-state index contributed by atoms with van der Waals surface area (Å²) in [7, 11) is 1.66. The number of halogens is 1. The third-order valence-corrected chi connectivity index (χ3v) is 5.92. The van der Waals surface area contributed by atoms with Crippen molar-refractivity contribution in [3.05, 3.63) is 64.7 Å². The van der Waals surface area contributed by atoms with Gasteiger partial charge in [0.2, 0.25) is 0 Å². The maximum Gasteiger partial charge on any atom is 0.119 e. The summed E-state index contributed by atoms with van der Waals surface area (Å²) in [6.07, 6.45) is 6.96. The molecule has 0 amide bonds. The van der Waals surface area contributed by atoms with Crippen LogP contribution in [0.5, 0.6) is 5.75 Å². The summed E-state index contributed by atoms with van der Waals surface area (Å²) in [4.78, 5) is 0.184. The van der Waals surface area contributed by atoms with Crippen LogP contribution in [-0.2, 0) is 19.3 Å². The molecule has 2 atom stereocenters. The van der Waals surface area contributed by atoms with Gasteiger partial charge < -0.3 is 9.84 Å². The molecular formula is C21H25BrO2. The normalized spacial score (nSPS) is 21.8. The number of alkyl halides is 1. The Labute approximate surface area is 153 Å². The molecule has 0 heterocycles. The van der Waals surface area contributed by atoms with Crippen molar-refractivity contribution in [3.8, 4) is 5.75 Å². The molecule has 0 radical (unpaired) electrons. The fourth-order valence-electron chi connectivity index (χ4n) is 3.54. The van der Waals surface area contributed by atoms with Crippen molar-refractivity contribution < 1.29 is 9.84 Å². The number of ether oxygens (including phenoxy) is 1. The van der Waals surface area contributed by atoms with E-state index in [0.717, 1.165) is 24.2 Å². The topological polar surface area (TPSA) is 29.5 Å². The van der Waals surface area contributed by atoms with Crippen LogP contribution in [0.1, 0.15) is 47.6 Å². The second-order valence-electron chi connectivity index (χ2n) is 6.54. The van der Waals surface area contributed by atoms with Crippen LogP contribution >= 0.6 is 15.9 Å². The molecule has 2 aliphatic rings. The second kappa shape index (κ2) is 8.17. The summed E-state index contributed by atoms with van der Waals surface area (Å²) in [5.74, 6) is 0.865. The third-order valence-electron chi connectivity index (χ3n) is 4.96. The molecule has 128 valence electrons. The van der Waals surface area contributed by atoms with Gasteiger partial charge in [-0.15, -0.1) is 0 Å². The maximum atomic E-state index is 9.91. The van der Waals surface area contributed by atoms with Gasteiger partial charge in [0.05, 0.1) is 13.2 Å². The van der Waals surface area contributed by atoms with Gasteiger partial charge in [-0.05, 0) is 72.9 Å². The number of aliphatic hydroxyl groups is 1. The fourth-order valence-corrected chi connectivity index (χ4v) is 4.05. The minimum atomic E-state index is -0.385. The van der Waals surface area contributed by atoms with Crippen LogP contribution in [0.3, 0.4) is 0 Å². The lowest BCUT2D eigenvalue weighted by Gasteiger charge is -2.26. The monoisotopic (exact) mass is 388 g/mol.